The van der Waals surface area contributed by atoms with Crippen molar-refractivity contribution in [2.75, 3.05) is 7.05 Å². The fourth-order valence-corrected chi connectivity index (χ4v) is 4.61. The molecule has 1 heterocycles. The molecule has 0 unspecified atom stereocenters. The van der Waals surface area contributed by atoms with Gasteiger partial charge in [-0.3, -0.25) is 4.98 Å². The first-order valence-electron chi connectivity index (χ1n) is 8.26. The first-order chi connectivity index (χ1) is 12.9. The molecule has 4 nitrogen and oxygen atoms in total. The van der Waals surface area contributed by atoms with Crippen molar-refractivity contribution in [2.24, 2.45) is 0 Å². The molecule has 0 bridgehead atoms. The van der Waals surface area contributed by atoms with E-state index in [1.165, 1.54) is 6.20 Å². The van der Waals surface area contributed by atoms with E-state index in [0.29, 0.717) is 22.3 Å². The Labute approximate surface area is 169 Å². The van der Waals surface area contributed by atoms with Crippen molar-refractivity contribution in [1.82, 2.24) is 10.3 Å². The average molecular weight is 421 g/mol. The van der Waals surface area contributed by atoms with E-state index in [1.54, 1.807) is 30.3 Å². The second-order valence-electron chi connectivity index (χ2n) is 6.12. The van der Waals surface area contributed by atoms with E-state index < -0.39 is 9.84 Å². The van der Waals surface area contributed by atoms with Crippen LogP contribution >= 0.6 is 23.2 Å². The predicted molar refractivity (Wildman–Crippen MR) is 110 cm³/mol. The summed E-state index contributed by atoms with van der Waals surface area (Å²) in [5, 5.41) is 3.92. The SMILES string of the molecule is CNCc1cccc(CS(=O)(=O)c2ccc(-c3ncc(Cl)cc3Cl)cc2)c1. The van der Waals surface area contributed by atoms with Crippen LogP contribution in [0.3, 0.4) is 0 Å². The van der Waals surface area contributed by atoms with Crippen molar-refractivity contribution in [3.8, 4) is 11.3 Å². The summed E-state index contributed by atoms with van der Waals surface area (Å²) in [4.78, 5) is 4.48. The van der Waals surface area contributed by atoms with Gasteiger partial charge >= 0.3 is 0 Å². The highest BCUT2D eigenvalue weighted by Gasteiger charge is 2.16. The Morgan fingerprint density at radius 3 is 2.37 bits per heavy atom. The fraction of sp³-hybridized carbons (Fsp3) is 0.150. The van der Waals surface area contributed by atoms with Crippen molar-refractivity contribution >= 4 is 33.0 Å². The van der Waals surface area contributed by atoms with Gasteiger partial charge in [0.05, 0.1) is 26.4 Å². The largest absolute Gasteiger partial charge is 0.316 e. The van der Waals surface area contributed by atoms with Gasteiger partial charge in [0.2, 0.25) is 0 Å². The van der Waals surface area contributed by atoms with Crippen LogP contribution in [-0.2, 0) is 22.1 Å². The van der Waals surface area contributed by atoms with Crippen molar-refractivity contribution in [1.29, 1.82) is 0 Å². The molecule has 0 saturated heterocycles. The zero-order chi connectivity index (χ0) is 19.4. The van der Waals surface area contributed by atoms with Gasteiger partial charge in [0.25, 0.3) is 0 Å². The third kappa shape index (κ3) is 4.87. The fourth-order valence-electron chi connectivity index (χ4n) is 2.78. The van der Waals surface area contributed by atoms with Crippen molar-refractivity contribution in [3.05, 3.63) is 82.0 Å². The summed E-state index contributed by atoms with van der Waals surface area (Å²) in [7, 11) is -1.60. The molecule has 1 N–H and O–H groups in total. The number of sulfone groups is 1. The van der Waals surface area contributed by atoms with Gasteiger partial charge in [-0.1, -0.05) is 59.6 Å². The number of hydrogen-bond donors (Lipinski definition) is 1. The molecule has 0 amide bonds. The lowest BCUT2D eigenvalue weighted by molar-refractivity contribution is 0.595. The minimum Gasteiger partial charge on any atom is -0.316 e. The highest BCUT2D eigenvalue weighted by Crippen LogP contribution is 2.29. The number of aromatic nitrogens is 1. The van der Waals surface area contributed by atoms with Crippen LogP contribution < -0.4 is 5.32 Å². The smallest absolute Gasteiger partial charge is 0.182 e. The number of rotatable bonds is 6. The molecule has 0 atom stereocenters. The molecular formula is C20H18Cl2N2O2S. The maximum absolute atomic E-state index is 12.8. The Hall–Kier alpha value is -1.92. The molecule has 1 aromatic heterocycles. The van der Waals surface area contributed by atoms with E-state index in [9.17, 15) is 8.42 Å². The van der Waals surface area contributed by atoms with E-state index in [-0.39, 0.29) is 10.6 Å². The van der Waals surface area contributed by atoms with E-state index >= 15 is 0 Å². The summed E-state index contributed by atoms with van der Waals surface area (Å²) >= 11 is 12.0. The van der Waals surface area contributed by atoms with E-state index in [2.05, 4.69) is 10.3 Å². The van der Waals surface area contributed by atoms with Gasteiger partial charge in [-0.05, 0) is 36.4 Å². The number of pyridine rings is 1. The van der Waals surface area contributed by atoms with E-state index in [1.807, 2.05) is 31.3 Å². The van der Waals surface area contributed by atoms with Gasteiger partial charge in [0.15, 0.2) is 9.84 Å². The molecule has 0 fully saturated rings. The molecular weight excluding hydrogens is 403 g/mol. The standard InChI is InChI=1S/C20H18Cl2N2O2S/c1-23-11-14-3-2-4-15(9-14)13-27(25,26)18-7-5-16(6-8-18)20-19(22)10-17(21)12-24-20/h2-10,12,23H,11,13H2,1H3. The van der Waals surface area contributed by atoms with Gasteiger partial charge in [0.1, 0.15) is 0 Å². The Bertz CT molecular complexity index is 1050. The van der Waals surface area contributed by atoms with Gasteiger partial charge in [-0.15, -0.1) is 0 Å². The topological polar surface area (TPSA) is 59.1 Å². The minimum atomic E-state index is -3.46. The monoisotopic (exact) mass is 420 g/mol. The predicted octanol–water partition coefficient (Wildman–Crippen LogP) is 4.75. The molecule has 3 aromatic rings. The zero-order valence-electron chi connectivity index (χ0n) is 14.6. The Kier molecular flexibility index (Phi) is 6.17. The van der Waals surface area contributed by atoms with Crippen LogP contribution in [0.15, 0.2) is 65.7 Å². The van der Waals surface area contributed by atoms with Crippen molar-refractivity contribution in [2.45, 2.75) is 17.2 Å². The summed E-state index contributed by atoms with van der Waals surface area (Å²) in [5.41, 5.74) is 3.09. The quantitative estimate of drug-likeness (QED) is 0.624. The zero-order valence-corrected chi connectivity index (χ0v) is 16.9. The molecule has 0 aliphatic heterocycles. The molecule has 27 heavy (non-hydrogen) atoms. The van der Waals surface area contributed by atoms with Gasteiger partial charge in [-0.2, -0.15) is 0 Å². The average Bonchev–Trinajstić information content (AvgIpc) is 2.62. The summed E-state index contributed by atoms with van der Waals surface area (Å²) in [6.45, 7) is 0.692. The summed E-state index contributed by atoms with van der Waals surface area (Å²) in [5.74, 6) is -0.0517. The maximum Gasteiger partial charge on any atom is 0.182 e. The molecule has 0 aliphatic carbocycles. The molecule has 0 spiro atoms. The second-order valence-corrected chi connectivity index (χ2v) is 8.95. The van der Waals surface area contributed by atoms with Crippen LogP contribution in [0.2, 0.25) is 10.0 Å². The first kappa shape index (κ1) is 19.8. The summed E-state index contributed by atoms with van der Waals surface area (Å²) in [6, 6.07) is 15.7. The van der Waals surface area contributed by atoms with E-state index in [4.69, 9.17) is 23.2 Å². The third-order valence-corrected chi connectivity index (χ3v) is 6.22. The second kappa shape index (κ2) is 8.40. The Morgan fingerprint density at radius 1 is 1.00 bits per heavy atom. The maximum atomic E-state index is 12.8. The summed E-state index contributed by atoms with van der Waals surface area (Å²) in [6.07, 6.45) is 1.51. The number of benzene rings is 2. The van der Waals surface area contributed by atoms with Crippen LogP contribution in [0.25, 0.3) is 11.3 Å². The number of nitrogens with one attached hydrogen (secondary N) is 1. The summed E-state index contributed by atoms with van der Waals surface area (Å²) < 4.78 is 25.5. The lowest BCUT2D eigenvalue weighted by Crippen LogP contribution is -2.08. The molecule has 0 radical (unpaired) electrons. The van der Waals surface area contributed by atoms with Gasteiger partial charge in [0, 0.05) is 18.3 Å². The van der Waals surface area contributed by atoms with Gasteiger partial charge in [-0.25, -0.2) is 8.42 Å². The minimum absolute atomic E-state index is 0.0517. The molecule has 0 aliphatic rings. The number of halogens is 2. The highest BCUT2D eigenvalue weighted by molar-refractivity contribution is 7.90. The lowest BCUT2D eigenvalue weighted by atomic mass is 10.1. The number of nitrogens with zero attached hydrogens (tertiary/aromatic N) is 1. The molecule has 0 saturated carbocycles. The Morgan fingerprint density at radius 2 is 1.70 bits per heavy atom. The lowest BCUT2D eigenvalue weighted by Gasteiger charge is -2.08. The molecule has 3 rings (SSSR count). The first-order valence-corrected chi connectivity index (χ1v) is 10.7. The van der Waals surface area contributed by atoms with Crippen LogP contribution in [0.1, 0.15) is 11.1 Å². The van der Waals surface area contributed by atoms with Crippen molar-refractivity contribution < 1.29 is 8.42 Å². The molecule has 2 aromatic carbocycles. The van der Waals surface area contributed by atoms with Crippen molar-refractivity contribution in [3.63, 3.8) is 0 Å². The highest BCUT2D eigenvalue weighted by atomic mass is 35.5. The van der Waals surface area contributed by atoms with Gasteiger partial charge < -0.3 is 5.32 Å². The molecule has 140 valence electrons. The van der Waals surface area contributed by atoms with Crippen LogP contribution in [-0.4, -0.2) is 20.4 Å². The van der Waals surface area contributed by atoms with E-state index in [0.717, 1.165) is 16.7 Å². The Balaban J connectivity index is 1.84. The van der Waals surface area contributed by atoms with Crippen LogP contribution in [0.4, 0.5) is 0 Å². The number of hydrogen-bond acceptors (Lipinski definition) is 4. The third-order valence-electron chi connectivity index (χ3n) is 4.02. The molecule has 7 heteroatoms. The van der Waals surface area contributed by atoms with Crippen LogP contribution in [0, 0.1) is 0 Å². The van der Waals surface area contributed by atoms with Crippen LogP contribution in [0.5, 0.6) is 0 Å². The normalized spacial score (nSPS) is 11.5.